The van der Waals surface area contributed by atoms with Crippen molar-refractivity contribution in [3.05, 3.63) is 100 Å². The first-order chi connectivity index (χ1) is 14.8. The van der Waals surface area contributed by atoms with E-state index in [0.717, 1.165) is 21.9 Å². The third-order valence-electron chi connectivity index (χ3n) is 4.57. The van der Waals surface area contributed by atoms with Gasteiger partial charge in [0.2, 0.25) is 10.0 Å². The van der Waals surface area contributed by atoms with Gasteiger partial charge in [0.1, 0.15) is 0 Å². The van der Waals surface area contributed by atoms with Gasteiger partial charge in [0.15, 0.2) is 0 Å². The van der Waals surface area contributed by atoms with Crippen LogP contribution in [-0.2, 0) is 16.6 Å². The molecule has 0 saturated heterocycles. The molecule has 160 valence electrons. The molecule has 0 aliphatic rings. The van der Waals surface area contributed by atoms with E-state index in [4.69, 9.17) is 0 Å². The standard InChI is InChI=1S/C23H22BrN3O3S/c1-17(19-12-14-20(24)15-13-19)25-26-23(28)21-10-6-7-11-22(21)27(31(2,29)30)16-18-8-4-3-5-9-18/h3-15H,16H2,1-2H3,(H,26,28)/b25-17+. The molecule has 0 bridgehead atoms. The van der Waals surface area contributed by atoms with E-state index < -0.39 is 15.9 Å². The second-order valence-electron chi connectivity index (χ2n) is 6.92. The quantitative estimate of drug-likeness (QED) is 0.382. The highest BCUT2D eigenvalue weighted by atomic mass is 79.9. The number of hydrazone groups is 1. The SMILES string of the molecule is C/C(=N\NC(=O)c1ccccc1N(Cc1ccccc1)S(C)(=O)=O)c1ccc(Br)cc1. The van der Waals surface area contributed by atoms with E-state index in [1.54, 1.807) is 31.2 Å². The van der Waals surface area contributed by atoms with Crippen molar-refractivity contribution in [3.8, 4) is 0 Å². The average Bonchev–Trinajstić information content (AvgIpc) is 2.76. The highest BCUT2D eigenvalue weighted by Gasteiger charge is 2.23. The number of carbonyl (C=O) groups is 1. The number of benzene rings is 3. The summed E-state index contributed by atoms with van der Waals surface area (Å²) in [6, 6.07) is 23.4. The van der Waals surface area contributed by atoms with Crippen LogP contribution in [0.1, 0.15) is 28.4 Å². The molecule has 0 spiro atoms. The van der Waals surface area contributed by atoms with Gasteiger partial charge in [-0.15, -0.1) is 0 Å². The molecule has 8 heteroatoms. The zero-order valence-corrected chi connectivity index (χ0v) is 19.5. The first kappa shape index (κ1) is 22.7. The van der Waals surface area contributed by atoms with Gasteiger partial charge >= 0.3 is 0 Å². The summed E-state index contributed by atoms with van der Waals surface area (Å²) in [7, 11) is -3.64. The Morgan fingerprint density at radius 1 is 0.968 bits per heavy atom. The number of hydrogen-bond donors (Lipinski definition) is 1. The first-order valence-electron chi connectivity index (χ1n) is 9.47. The van der Waals surface area contributed by atoms with Crippen LogP contribution in [0.25, 0.3) is 0 Å². The van der Waals surface area contributed by atoms with Crippen molar-refractivity contribution in [3.63, 3.8) is 0 Å². The summed E-state index contributed by atoms with van der Waals surface area (Å²) < 4.78 is 27.3. The van der Waals surface area contributed by atoms with Gasteiger partial charge in [0.25, 0.3) is 5.91 Å². The Hall–Kier alpha value is -2.97. The van der Waals surface area contributed by atoms with Gasteiger partial charge in [-0.05, 0) is 42.3 Å². The maximum absolute atomic E-state index is 12.9. The summed E-state index contributed by atoms with van der Waals surface area (Å²) in [6.45, 7) is 1.90. The average molecular weight is 500 g/mol. The molecule has 1 amide bonds. The molecular formula is C23H22BrN3O3S. The van der Waals surface area contributed by atoms with Gasteiger partial charge in [-0.3, -0.25) is 9.10 Å². The lowest BCUT2D eigenvalue weighted by Crippen LogP contribution is -2.32. The van der Waals surface area contributed by atoms with Crippen molar-refractivity contribution in [2.45, 2.75) is 13.5 Å². The molecule has 0 saturated carbocycles. The van der Waals surface area contributed by atoms with Crippen molar-refractivity contribution in [1.29, 1.82) is 0 Å². The van der Waals surface area contributed by atoms with Gasteiger partial charge < -0.3 is 0 Å². The Kier molecular flexibility index (Phi) is 7.25. The number of rotatable bonds is 7. The number of nitrogens with one attached hydrogen (secondary N) is 1. The van der Waals surface area contributed by atoms with E-state index in [2.05, 4.69) is 26.5 Å². The monoisotopic (exact) mass is 499 g/mol. The molecule has 0 radical (unpaired) electrons. The topological polar surface area (TPSA) is 78.8 Å². The molecule has 0 heterocycles. The van der Waals surface area contributed by atoms with E-state index in [1.165, 1.54) is 4.31 Å². The fraction of sp³-hybridized carbons (Fsp3) is 0.130. The summed E-state index contributed by atoms with van der Waals surface area (Å²) in [5.74, 6) is -0.492. The zero-order chi connectivity index (χ0) is 22.4. The van der Waals surface area contributed by atoms with Crippen molar-refractivity contribution < 1.29 is 13.2 Å². The van der Waals surface area contributed by atoms with Crippen LogP contribution in [0.5, 0.6) is 0 Å². The van der Waals surface area contributed by atoms with Crippen molar-refractivity contribution in [2.75, 3.05) is 10.6 Å². The minimum atomic E-state index is -3.64. The number of halogens is 1. The molecule has 31 heavy (non-hydrogen) atoms. The van der Waals surface area contributed by atoms with Gasteiger partial charge in [0, 0.05) is 4.47 Å². The van der Waals surface area contributed by atoms with Crippen LogP contribution in [0.4, 0.5) is 5.69 Å². The summed E-state index contributed by atoms with van der Waals surface area (Å²) in [5.41, 5.74) is 5.35. The predicted octanol–water partition coefficient (Wildman–Crippen LogP) is 4.57. The molecule has 0 fully saturated rings. The lowest BCUT2D eigenvalue weighted by molar-refractivity contribution is 0.0955. The Morgan fingerprint density at radius 2 is 1.58 bits per heavy atom. The number of amides is 1. The van der Waals surface area contributed by atoms with E-state index in [-0.39, 0.29) is 12.1 Å². The number of anilines is 1. The van der Waals surface area contributed by atoms with Crippen LogP contribution >= 0.6 is 15.9 Å². The summed E-state index contributed by atoms with van der Waals surface area (Å²) in [5, 5.41) is 4.18. The smallest absolute Gasteiger partial charge is 0.267 e. The lowest BCUT2D eigenvalue weighted by atomic mass is 10.1. The highest BCUT2D eigenvalue weighted by Crippen LogP contribution is 2.25. The Morgan fingerprint density at radius 3 is 2.23 bits per heavy atom. The first-order valence-corrected chi connectivity index (χ1v) is 12.1. The fourth-order valence-corrected chi connectivity index (χ4v) is 4.13. The van der Waals surface area contributed by atoms with E-state index in [0.29, 0.717) is 11.4 Å². The number of nitrogens with zero attached hydrogens (tertiary/aromatic N) is 2. The molecule has 0 atom stereocenters. The van der Waals surface area contributed by atoms with Crippen molar-refractivity contribution in [1.82, 2.24) is 5.43 Å². The molecule has 0 unspecified atom stereocenters. The molecule has 3 aromatic rings. The lowest BCUT2D eigenvalue weighted by Gasteiger charge is -2.24. The summed E-state index contributed by atoms with van der Waals surface area (Å²) in [6.07, 6.45) is 1.13. The third kappa shape index (κ3) is 6.02. The molecule has 6 nitrogen and oxygen atoms in total. The maximum Gasteiger partial charge on any atom is 0.273 e. The number of hydrogen-bond acceptors (Lipinski definition) is 4. The van der Waals surface area contributed by atoms with Crippen molar-refractivity contribution in [2.24, 2.45) is 5.10 Å². The maximum atomic E-state index is 12.9. The second-order valence-corrected chi connectivity index (χ2v) is 9.74. The molecule has 0 aromatic heterocycles. The Balaban J connectivity index is 1.89. The largest absolute Gasteiger partial charge is 0.273 e. The number of sulfonamides is 1. The van der Waals surface area contributed by atoms with E-state index >= 15 is 0 Å². The molecule has 0 aliphatic heterocycles. The minimum absolute atomic E-state index is 0.116. The molecule has 3 rings (SSSR count). The van der Waals surface area contributed by atoms with Gasteiger partial charge in [-0.25, -0.2) is 13.8 Å². The van der Waals surface area contributed by atoms with Gasteiger partial charge in [-0.1, -0.05) is 70.5 Å². The predicted molar refractivity (Wildman–Crippen MR) is 128 cm³/mol. The second kappa shape index (κ2) is 9.89. The van der Waals surface area contributed by atoms with E-state index in [9.17, 15) is 13.2 Å². The van der Waals surface area contributed by atoms with Crippen LogP contribution in [0, 0.1) is 0 Å². The van der Waals surface area contributed by atoms with Crippen LogP contribution in [0.3, 0.4) is 0 Å². The number of para-hydroxylation sites is 1. The van der Waals surface area contributed by atoms with Crippen LogP contribution in [0.15, 0.2) is 88.4 Å². The zero-order valence-electron chi connectivity index (χ0n) is 17.1. The summed E-state index contributed by atoms with van der Waals surface area (Å²) >= 11 is 3.39. The van der Waals surface area contributed by atoms with E-state index in [1.807, 2.05) is 54.6 Å². The Labute approximate surface area is 190 Å². The van der Waals surface area contributed by atoms with Crippen molar-refractivity contribution >= 4 is 43.3 Å². The molecule has 0 aliphatic carbocycles. The number of carbonyl (C=O) groups excluding carboxylic acids is 1. The molecule has 3 aromatic carbocycles. The van der Waals surface area contributed by atoms with Gasteiger partial charge in [-0.2, -0.15) is 5.10 Å². The normalized spacial score (nSPS) is 11.8. The van der Waals surface area contributed by atoms with Crippen LogP contribution < -0.4 is 9.73 Å². The minimum Gasteiger partial charge on any atom is -0.267 e. The Bertz CT molecular complexity index is 1190. The molecular weight excluding hydrogens is 478 g/mol. The molecule has 1 N–H and O–H groups in total. The third-order valence-corrected chi connectivity index (χ3v) is 6.23. The highest BCUT2D eigenvalue weighted by molar-refractivity contribution is 9.10. The van der Waals surface area contributed by atoms with Crippen LogP contribution in [0.2, 0.25) is 0 Å². The fourth-order valence-electron chi connectivity index (χ4n) is 2.96. The summed E-state index contributed by atoms with van der Waals surface area (Å²) in [4.78, 5) is 12.9. The van der Waals surface area contributed by atoms with Gasteiger partial charge in [0.05, 0.1) is 29.8 Å². The van der Waals surface area contributed by atoms with Crippen LogP contribution in [-0.4, -0.2) is 26.3 Å².